The van der Waals surface area contributed by atoms with Crippen LogP contribution in [0, 0.1) is 11.8 Å². The van der Waals surface area contributed by atoms with Gasteiger partial charge in [0, 0.05) is 62.5 Å². The van der Waals surface area contributed by atoms with Gasteiger partial charge in [-0.05, 0) is 48.8 Å². The normalized spacial score (nSPS) is 21.9. The molecule has 0 saturated heterocycles. The maximum Gasteiger partial charge on any atom is 0.170 e. The second-order valence-corrected chi connectivity index (χ2v) is 8.31. The van der Waals surface area contributed by atoms with E-state index in [1.807, 2.05) is 0 Å². The Kier molecular flexibility index (Phi) is 6.00. The Morgan fingerprint density at radius 3 is 2.86 bits per heavy atom. The van der Waals surface area contributed by atoms with Gasteiger partial charge in [-0.25, -0.2) is 4.98 Å². The van der Waals surface area contributed by atoms with Gasteiger partial charge in [-0.1, -0.05) is 30.4 Å². The lowest BCUT2D eigenvalue weighted by Gasteiger charge is -2.35. The summed E-state index contributed by atoms with van der Waals surface area (Å²) in [6, 6.07) is 4.33. The van der Waals surface area contributed by atoms with Crippen molar-refractivity contribution in [2.75, 3.05) is 32.5 Å². The summed E-state index contributed by atoms with van der Waals surface area (Å²) in [6.45, 7) is 1.77. The van der Waals surface area contributed by atoms with Gasteiger partial charge in [0.25, 0.3) is 0 Å². The summed E-state index contributed by atoms with van der Waals surface area (Å²) in [4.78, 5) is 6.94. The average Bonchev–Trinajstić information content (AvgIpc) is 2.73. The lowest BCUT2D eigenvalue weighted by Crippen LogP contribution is -2.40. The fourth-order valence-electron chi connectivity index (χ4n) is 4.14. The highest BCUT2D eigenvalue weighted by Crippen LogP contribution is 2.35. The van der Waals surface area contributed by atoms with Crippen LogP contribution < -0.4 is 16.0 Å². The van der Waals surface area contributed by atoms with E-state index in [-0.39, 0.29) is 5.92 Å². The minimum atomic E-state index is 0.288. The summed E-state index contributed by atoms with van der Waals surface area (Å²) in [5.41, 5.74) is 4.86. The number of aromatic nitrogens is 1. The summed E-state index contributed by atoms with van der Waals surface area (Å²) in [7, 11) is 4.19. The van der Waals surface area contributed by atoms with Crippen LogP contribution in [-0.2, 0) is 12.8 Å². The van der Waals surface area contributed by atoms with Crippen molar-refractivity contribution in [2.24, 2.45) is 11.8 Å². The standard InChI is InChI=1S/C23H29N5S/c1-28(2)21-12-11-20(18-7-3-4-8-19(18)21)27-23(29)25-15-13-17-10-9-16-6-5-14-24-22(16)26-17/h3-4,7-12,18-19H,5-6,13-15H2,1-2H3,(H,24,26)(H2,25,27,29). The van der Waals surface area contributed by atoms with Gasteiger partial charge in [-0.2, -0.15) is 0 Å². The van der Waals surface area contributed by atoms with Gasteiger partial charge < -0.3 is 20.9 Å². The third-order valence-electron chi connectivity index (χ3n) is 5.66. The van der Waals surface area contributed by atoms with Crippen molar-refractivity contribution >= 4 is 23.1 Å². The number of nitrogens with one attached hydrogen (secondary N) is 3. The van der Waals surface area contributed by atoms with Gasteiger partial charge >= 0.3 is 0 Å². The second-order valence-electron chi connectivity index (χ2n) is 7.90. The van der Waals surface area contributed by atoms with Crippen molar-refractivity contribution in [2.45, 2.75) is 19.3 Å². The molecule has 0 radical (unpaired) electrons. The zero-order valence-corrected chi connectivity index (χ0v) is 17.9. The molecule has 0 saturated carbocycles. The molecule has 1 aromatic heterocycles. The van der Waals surface area contributed by atoms with Crippen LogP contribution in [0.2, 0.25) is 0 Å². The molecule has 1 aromatic rings. The minimum absolute atomic E-state index is 0.288. The number of rotatable bonds is 5. The summed E-state index contributed by atoms with van der Waals surface area (Å²) in [5.74, 6) is 1.68. The Morgan fingerprint density at radius 1 is 1.21 bits per heavy atom. The van der Waals surface area contributed by atoms with E-state index >= 15 is 0 Å². The zero-order chi connectivity index (χ0) is 20.2. The van der Waals surface area contributed by atoms with Crippen LogP contribution in [0.5, 0.6) is 0 Å². The third-order valence-corrected chi connectivity index (χ3v) is 5.91. The predicted molar refractivity (Wildman–Crippen MR) is 124 cm³/mol. The van der Waals surface area contributed by atoms with Crippen molar-refractivity contribution in [3.8, 4) is 0 Å². The number of hydrogen-bond acceptors (Lipinski definition) is 4. The maximum atomic E-state index is 5.55. The molecule has 152 valence electrons. The SMILES string of the molecule is CN(C)C1=CC=C(NC(=S)NCCc2ccc3c(n2)NCCC3)C2C=CC=CC12. The molecule has 4 rings (SSSR count). The molecule has 29 heavy (non-hydrogen) atoms. The summed E-state index contributed by atoms with van der Waals surface area (Å²) in [6.07, 6.45) is 16.2. The molecule has 2 atom stereocenters. The van der Waals surface area contributed by atoms with Crippen LogP contribution in [0.1, 0.15) is 17.7 Å². The van der Waals surface area contributed by atoms with E-state index in [9.17, 15) is 0 Å². The maximum absolute atomic E-state index is 5.55. The minimum Gasteiger partial charge on any atom is -0.380 e. The highest BCUT2D eigenvalue weighted by Gasteiger charge is 2.29. The van der Waals surface area contributed by atoms with Crippen molar-refractivity contribution < 1.29 is 0 Å². The van der Waals surface area contributed by atoms with Crippen molar-refractivity contribution in [3.05, 3.63) is 71.2 Å². The van der Waals surface area contributed by atoms with Crippen LogP contribution >= 0.6 is 12.2 Å². The predicted octanol–water partition coefficient (Wildman–Crippen LogP) is 3.15. The van der Waals surface area contributed by atoms with Gasteiger partial charge in [0.2, 0.25) is 0 Å². The molecule has 5 nitrogen and oxygen atoms in total. The molecule has 3 aliphatic rings. The van der Waals surface area contributed by atoms with E-state index in [0.717, 1.165) is 43.1 Å². The van der Waals surface area contributed by atoms with E-state index < -0.39 is 0 Å². The topological polar surface area (TPSA) is 52.2 Å². The first-order valence-electron chi connectivity index (χ1n) is 10.3. The van der Waals surface area contributed by atoms with Crippen LogP contribution in [0.3, 0.4) is 0 Å². The van der Waals surface area contributed by atoms with Gasteiger partial charge in [-0.15, -0.1) is 0 Å². The number of nitrogens with zero attached hydrogens (tertiary/aromatic N) is 2. The lowest BCUT2D eigenvalue weighted by molar-refractivity contribution is 0.408. The number of anilines is 1. The van der Waals surface area contributed by atoms with E-state index in [0.29, 0.717) is 11.0 Å². The molecule has 2 aliphatic carbocycles. The Labute approximate surface area is 178 Å². The Balaban J connectivity index is 1.33. The first-order chi connectivity index (χ1) is 14.1. The molecule has 0 amide bonds. The lowest BCUT2D eigenvalue weighted by atomic mass is 9.80. The second kappa shape index (κ2) is 8.82. The number of aryl methyl sites for hydroxylation is 1. The molecule has 0 fully saturated rings. The van der Waals surface area contributed by atoms with Crippen molar-refractivity contribution in [3.63, 3.8) is 0 Å². The fraction of sp³-hybridized carbons (Fsp3) is 0.391. The molecule has 2 heterocycles. The molecular weight excluding hydrogens is 378 g/mol. The quantitative estimate of drug-likeness (QED) is 0.652. The van der Waals surface area contributed by atoms with Crippen molar-refractivity contribution in [1.82, 2.24) is 20.5 Å². The Bertz CT molecular complexity index is 897. The fourth-order valence-corrected chi connectivity index (χ4v) is 4.36. The molecule has 0 bridgehead atoms. The average molecular weight is 408 g/mol. The molecule has 1 aliphatic heterocycles. The van der Waals surface area contributed by atoms with Crippen LogP contribution in [0.15, 0.2) is 60.0 Å². The highest BCUT2D eigenvalue weighted by atomic mass is 32.1. The molecule has 6 heteroatoms. The van der Waals surface area contributed by atoms with Gasteiger partial charge in [0.05, 0.1) is 0 Å². The van der Waals surface area contributed by atoms with Crippen molar-refractivity contribution in [1.29, 1.82) is 0 Å². The molecule has 0 spiro atoms. The monoisotopic (exact) mass is 407 g/mol. The smallest absolute Gasteiger partial charge is 0.170 e. The van der Waals surface area contributed by atoms with E-state index in [1.54, 1.807) is 0 Å². The van der Waals surface area contributed by atoms with Crippen LogP contribution in [0.4, 0.5) is 5.82 Å². The van der Waals surface area contributed by atoms with Gasteiger partial charge in [0.1, 0.15) is 5.82 Å². The summed E-state index contributed by atoms with van der Waals surface area (Å²) < 4.78 is 0. The number of pyridine rings is 1. The van der Waals surface area contributed by atoms with E-state index in [2.05, 4.69) is 83.5 Å². The molecule has 2 unspecified atom stereocenters. The molecule has 0 aromatic carbocycles. The number of hydrogen-bond donors (Lipinski definition) is 3. The van der Waals surface area contributed by atoms with Crippen LogP contribution in [-0.4, -0.2) is 42.2 Å². The zero-order valence-electron chi connectivity index (χ0n) is 17.1. The molecule has 3 N–H and O–H groups in total. The van der Waals surface area contributed by atoms with E-state index in [1.165, 1.54) is 17.7 Å². The Hall–Kier alpha value is -2.60. The highest BCUT2D eigenvalue weighted by molar-refractivity contribution is 7.80. The first-order valence-corrected chi connectivity index (χ1v) is 10.7. The number of thiocarbonyl (C=S) groups is 1. The first kappa shape index (κ1) is 19.7. The van der Waals surface area contributed by atoms with Gasteiger partial charge in [-0.3, -0.25) is 0 Å². The number of fused-ring (bicyclic) bond motifs is 2. The van der Waals surface area contributed by atoms with Crippen LogP contribution in [0.25, 0.3) is 0 Å². The summed E-state index contributed by atoms with van der Waals surface area (Å²) >= 11 is 5.55. The van der Waals surface area contributed by atoms with E-state index in [4.69, 9.17) is 17.2 Å². The van der Waals surface area contributed by atoms with Gasteiger partial charge in [0.15, 0.2) is 5.11 Å². The third kappa shape index (κ3) is 4.53. The number of allylic oxidation sites excluding steroid dienone is 6. The summed E-state index contributed by atoms with van der Waals surface area (Å²) in [5, 5.41) is 10.8. The Morgan fingerprint density at radius 2 is 2.03 bits per heavy atom. The molecular formula is C23H29N5S. The largest absolute Gasteiger partial charge is 0.380 e.